The van der Waals surface area contributed by atoms with Gasteiger partial charge >= 0.3 is 0 Å². The molecule has 124 valence electrons. The lowest BCUT2D eigenvalue weighted by Gasteiger charge is -2.24. The first kappa shape index (κ1) is 22.0. The second-order valence-electron chi connectivity index (χ2n) is 4.69. The fraction of sp³-hybridized carbons (Fsp3) is 1.00. The van der Waals surface area contributed by atoms with Crippen LogP contribution in [0.25, 0.3) is 0 Å². The Hall–Kier alpha value is -0.280. The Morgan fingerprint density at radius 2 is 1.15 bits per heavy atom. The summed E-state index contributed by atoms with van der Waals surface area (Å²) >= 11 is 0. The van der Waals surface area contributed by atoms with Gasteiger partial charge in [0, 0.05) is 31.7 Å². The highest BCUT2D eigenvalue weighted by atomic mass is 16.3. The summed E-state index contributed by atoms with van der Waals surface area (Å²) < 4.78 is 0. The molecule has 0 aromatic carbocycles. The molecule has 0 radical (unpaired) electrons. The maximum absolute atomic E-state index is 8.66. The summed E-state index contributed by atoms with van der Waals surface area (Å²) in [5, 5.41) is 51.6. The van der Waals surface area contributed by atoms with E-state index in [1.165, 1.54) is 0 Å². The summed E-state index contributed by atoms with van der Waals surface area (Å²) in [6, 6.07) is 0. The number of aliphatic hydroxyl groups excluding tert-OH is 6. The average Bonchev–Trinajstić information content (AvgIpc) is 2.49. The lowest BCUT2D eigenvalue weighted by atomic mass is 9.88. The third kappa shape index (κ3) is 10.5. The molecule has 20 heavy (non-hydrogen) atoms. The van der Waals surface area contributed by atoms with Crippen molar-refractivity contribution in [2.75, 3.05) is 59.3 Å². The molecule has 0 rings (SSSR count). The van der Waals surface area contributed by atoms with Crippen LogP contribution in [-0.2, 0) is 0 Å². The molecule has 0 spiro atoms. The summed E-state index contributed by atoms with van der Waals surface area (Å²) in [5.74, 6) is 0. The standard InChI is InChI=1S/C7H17NO3.C6H14O3/c9-5-1-2-8(3-6-10)4-7-11;1-2-6(3-7,4-8)5-9/h9-11H,1-7H2;7-9H,2-5H2,1H3. The molecule has 0 heterocycles. The van der Waals surface area contributed by atoms with Crippen molar-refractivity contribution in [3.05, 3.63) is 0 Å². The van der Waals surface area contributed by atoms with E-state index in [0.717, 1.165) is 6.54 Å². The highest BCUT2D eigenvalue weighted by Crippen LogP contribution is 2.18. The molecular formula is C13H31NO6. The van der Waals surface area contributed by atoms with Crippen molar-refractivity contribution in [3.63, 3.8) is 0 Å². The Morgan fingerprint density at radius 3 is 1.35 bits per heavy atom. The van der Waals surface area contributed by atoms with Crippen LogP contribution in [0.4, 0.5) is 0 Å². The van der Waals surface area contributed by atoms with Crippen LogP contribution in [0, 0.1) is 5.41 Å². The first-order valence-electron chi connectivity index (χ1n) is 6.97. The molecule has 0 saturated carbocycles. The van der Waals surface area contributed by atoms with Gasteiger partial charge in [-0.3, -0.25) is 4.90 Å². The Bertz CT molecular complexity index is 166. The monoisotopic (exact) mass is 297 g/mol. The van der Waals surface area contributed by atoms with Crippen LogP contribution in [0.2, 0.25) is 0 Å². The zero-order valence-corrected chi connectivity index (χ0v) is 12.4. The van der Waals surface area contributed by atoms with Gasteiger partial charge in [0.25, 0.3) is 0 Å². The largest absolute Gasteiger partial charge is 0.396 e. The van der Waals surface area contributed by atoms with E-state index in [2.05, 4.69) is 0 Å². The molecule has 0 unspecified atom stereocenters. The molecule has 0 bridgehead atoms. The Morgan fingerprint density at radius 1 is 0.700 bits per heavy atom. The number of hydrogen-bond acceptors (Lipinski definition) is 7. The van der Waals surface area contributed by atoms with E-state index in [1.807, 2.05) is 11.8 Å². The summed E-state index contributed by atoms with van der Waals surface area (Å²) in [6.07, 6.45) is 1.29. The predicted molar refractivity (Wildman–Crippen MR) is 76.3 cm³/mol. The van der Waals surface area contributed by atoms with Gasteiger partial charge in [0.1, 0.15) is 0 Å². The summed E-state index contributed by atoms with van der Waals surface area (Å²) in [6.45, 7) is 3.59. The SMILES string of the molecule is CCC(CO)(CO)CO.OCCCN(CCO)CCO. The van der Waals surface area contributed by atoms with E-state index in [1.54, 1.807) is 0 Å². The fourth-order valence-corrected chi connectivity index (χ4v) is 1.40. The van der Waals surface area contributed by atoms with Gasteiger partial charge in [-0.25, -0.2) is 0 Å². The molecule has 7 nitrogen and oxygen atoms in total. The quantitative estimate of drug-likeness (QED) is 0.261. The molecule has 0 amide bonds. The zero-order chi connectivity index (χ0) is 15.9. The van der Waals surface area contributed by atoms with Crippen LogP contribution in [-0.4, -0.2) is 94.8 Å². The number of rotatable bonds is 11. The highest BCUT2D eigenvalue weighted by Gasteiger charge is 2.24. The molecule has 7 heteroatoms. The van der Waals surface area contributed by atoms with Crippen molar-refractivity contribution in [1.82, 2.24) is 4.90 Å². The Balaban J connectivity index is 0. The Labute approximate surface area is 121 Å². The molecular weight excluding hydrogens is 266 g/mol. The number of aliphatic hydroxyl groups is 6. The van der Waals surface area contributed by atoms with Crippen molar-refractivity contribution in [2.24, 2.45) is 5.41 Å². The van der Waals surface area contributed by atoms with Gasteiger partial charge in [-0.1, -0.05) is 6.92 Å². The molecule has 0 aromatic rings. The Kier molecular flexibility index (Phi) is 16.6. The van der Waals surface area contributed by atoms with Crippen LogP contribution in [0.3, 0.4) is 0 Å². The molecule has 0 atom stereocenters. The third-order valence-corrected chi connectivity index (χ3v) is 3.22. The topological polar surface area (TPSA) is 125 Å². The van der Waals surface area contributed by atoms with Crippen molar-refractivity contribution in [1.29, 1.82) is 0 Å². The molecule has 6 N–H and O–H groups in total. The predicted octanol–water partition coefficient (Wildman–Crippen LogP) is -1.98. The van der Waals surface area contributed by atoms with Crippen molar-refractivity contribution >= 4 is 0 Å². The van der Waals surface area contributed by atoms with Gasteiger partial charge in [0.2, 0.25) is 0 Å². The first-order valence-corrected chi connectivity index (χ1v) is 6.97. The van der Waals surface area contributed by atoms with Crippen molar-refractivity contribution in [3.8, 4) is 0 Å². The van der Waals surface area contributed by atoms with Crippen LogP contribution in [0.1, 0.15) is 19.8 Å². The average molecular weight is 297 g/mol. The van der Waals surface area contributed by atoms with Crippen LogP contribution >= 0.6 is 0 Å². The molecule has 0 aliphatic heterocycles. The van der Waals surface area contributed by atoms with Gasteiger partial charge in [0.05, 0.1) is 33.0 Å². The number of hydrogen-bond donors (Lipinski definition) is 6. The second kappa shape index (κ2) is 15.1. The minimum Gasteiger partial charge on any atom is -0.396 e. The summed E-state index contributed by atoms with van der Waals surface area (Å²) in [5.41, 5.74) is -0.667. The van der Waals surface area contributed by atoms with E-state index in [9.17, 15) is 0 Å². The van der Waals surface area contributed by atoms with E-state index in [-0.39, 0.29) is 39.6 Å². The lowest BCUT2D eigenvalue weighted by Crippen LogP contribution is -2.32. The number of nitrogens with zero attached hydrogens (tertiary/aromatic N) is 1. The van der Waals surface area contributed by atoms with Gasteiger partial charge in [-0.05, 0) is 12.8 Å². The molecule has 0 aliphatic carbocycles. The first-order chi connectivity index (χ1) is 9.59. The van der Waals surface area contributed by atoms with E-state index in [4.69, 9.17) is 30.6 Å². The van der Waals surface area contributed by atoms with E-state index >= 15 is 0 Å². The van der Waals surface area contributed by atoms with Gasteiger partial charge < -0.3 is 30.6 Å². The van der Waals surface area contributed by atoms with E-state index in [0.29, 0.717) is 25.9 Å². The second-order valence-corrected chi connectivity index (χ2v) is 4.69. The van der Waals surface area contributed by atoms with Gasteiger partial charge in [-0.15, -0.1) is 0 Å². The minimum atomic E-state index is -0.667. The van der Waals surface area contributed by atoms with Gasteiger partial charge in [-0.2, -0.15) is 0 Å². The molecule has 0 fully saturated rings. The summed E-state index contributed by atoms with van der Waals surface area (Å²) in [4.78, 5) is 1.91. The van der Waals surface area contributed by atoms with Crippen molar-refractivity contribution < 1.29 is 30.6 Å². The zero-order valence-electron chi connectivity index (χ0n) is 12.4. The van der Waals surface area contributed by atoms with Crippen LogP contribution in [0.5, 0.6) is 0 Å². The van der Waals surface area contributed by atoms with E-state index < -0.39 is 5.41 Å². The summed E-state index contributed by atoms with van der Waals surface area (Å²) in [7, 11) is 0. The lowest BCUT2D eigenvalue weighted by molar-refractivity contribution is 0.00304. The minimum absolute atomic E-state index is 0.103. The molecule has 0 aliphatic rings. The van der Waals surface area contributed by atoms with Gasteiger partial charge in [0.15, 0.2) is 0 Å². The van der Waals surface area contributed by atoms with Crippen LogP contribution in [0.15, 0.2) is 0 Å². The molecule has 0 saturated heterocycles. The van der Waals surface area contributed by atoms with Crippen molar-refractivity contribution in [2.45, 2.75) is 19.8 Å². The normalized spacial score (nSPS) is 11.4. The highest BCUT2D eigenvalue weighted by molar-refractivity contribution is 4.74. The maximum Gasteiger partial charge on any atom is 0.0558 e. The fourth-order valence-electron chi connectivity index (χ4n) is 1.40. The maximum atomic E-state index is 8.66. The third-order valence-electron chi connectivity index (χ3n) is 3.22. The molecule has 0 aromatic heterocycles. The van der Waals surface area contributed by atoms with Crippen LogP contribution < -0.4 is 0 Å². The smallest absolute Gasteiger partial charge is 0.0558 e.